The van der Waals surface area contributed by atoms with Crippen molar-refractivity contribution >= 4 is 27.5 Å². The number of rotatable bonds is 8. The Hall–Kier alpha value is -2.42. The van der Waals surface area contributed by atoms with Crippen molar-refractivity contribution in [2.45, 2.75) is 25.5 Å². The van der Waals surface area contributed by atoms with Gasteiger partial charge in [0.05, 0.1) is 29.5 Å². The van der Waals surface area contributed by atoms with Crippen LogP contribution in [0.4, 0.5) is 0 Å². The third-order valence-corrected chi connectivity index (χ3v) is 5.73. The van der Waals surface area contributed by atoms with Gasteiger partial charge < -0.3 is 24.5 Å². The molecule has 0 saturated carbocycles. The zero-order chi connectivity index (χ0) is 19.9. The SMILES string of the molecule is CN=C(NCCCOC1CCOC1)NCc1ccc(-c2nc3ccccc3s2)o1. The molecule has 4 rings (SSSR count). The maximum absolute atomic E-state index is 5.96. The van der Waals surface area contributed by atoms with Gasteiger partial charge in [-0.25, -0.2) is 4.98 Å². The van der Waals surface area contributed by atoms with E-state index in [4.69, 9.17) is 13.9 Å². The molecule has 1 aliphatic rings. The van der Waals surface area contributed by atoms with Crippen LogP contribution >= 0.6 is 11.3 Å². The minimum absolute atomic E-state index is 0.260. The summed E-state index contributed by atoms with van der Waals surface area (Å²) in [5.74, 6) is 2.37. The average Bonchev–Trinajstić information content (AvgIpc) is 3.50. The number of hydrogen-bond acceptors (Lipinski definition) is 6. The van der Waals surface area contributed by atoms with Gasteiger partial charge in [-0.2, -0.15) is 0 Å². The van der Waals surface area contributed by atoms with Gasteiger partial charge in [-0.15, -0.1) is 11.3 Å². The number of hydrogen-bond donors (Lipinski definition) is 2. The van der Waals surface area contributed by atoms with Gasteiger partial charge in [-0.1, -0.05) is 12.1 Å². The number of guanidine groups is 1. The van der Waals surface area contributed by atoms with Gasteiger partial charge >= 0.3 is 0 Å². The number of furan rings is 1. The molecule has 154 valence electrons. The first-order valence-corrected chi connectivity index (χ1v) is 10.7. The maximum Gasteiger partial charge on any atom is 0.191 e. The molecule has 3 aromatic rings. The third kappa shape index (κ3) is 5.35. The van der Waals surface area contributed by atoms with Gasteiger partial charge in [0.25, 0.3) is 0 Å². The quantitative estimate of drug-likeness (QED) is 0.334. The number of fused-ring (bicyclic) bond motifs is 1. The molecule has 0 amide bonds. The molecule has 0 spiro atoms. The van der Waals surface area contributed by atoms with E-state index >= 15 is 0 Å². The molecule has 1 saturated heterocycles. The minimum Gasteiger partial charge on any atom is -0.457 e. The van der Waals surface area contributed by atoms with Crippen molar-refractivity contribution in [2.24, 2.45) is 4.99 Å². The Morgan fingerprint density at radius 3 is 3.03 bits per heavy atom. The number of nitrogens with one attached hydrogen (secondary N) is 2. The van der Waals surface area contributed by atoms with Gasteiger partial charge in [0, 0.05) is 26.8 Å². The zero-order valence-corrected chi connectivity index (χ0v) is 17.3. The lowest BCUT2D eigenvalue weighted by molar-refractivity contribution is 0.0420. The molecular weight excluding hydrogens is 388 g/mol. The summed E-state index contributed by atoms with van der Waals surface area (Å²) in [6.07, 6.45) is 2.18. The Balaban J connectivity index is 1.21. The fraction of sp³-hybridized carbons (Fsp3) is 0.429. The third-order valence-electron chi connectivity index (χ3n) is 4.68. The van der Waals surface area contributed by atoms with Crippen molar-refractivity contribution in [3.8, 4) is 10.8 Å². The second kappa shape index (κ2) is 9.87. The Morgan fingerprint density at radius 2 is 2.21 bits per heavy atom. The van der Waals surface area contributed by atoms with Crippen molar-refractivity contribution in [1.82, 2.24) is 15.6 Å². The Kier molecular flexibility index (Phi) is 6.76. The van der Waals surface area contributed by atoms with E-state index in [1.807, 2.05) is 30.3 Å². The van der Waals surface area contributed by atoms with Crippen LogP contribution in [0.25, 0.3) is 21.0 Å². The summed E-state index contributed by atoms with van der Waals surface area (Å²) < 4.78 is 18.2. The lowest BCUT2D eigenvalue weighted by Gasteiger charge is -2.12. The lowest BCUT2D eigenvalue weighted by Crippen LogP contribution is -2.37. The first kappa shape index (κ1) is 19.9. The van der Waals surface area contributed by atoms with Crippen LogP contribution in [-0.4, -0.2) is 50.5 Å². The molecule has 1 atom stereocenters. The number of aliphatic imine (C=N–C) groups is 1. The summed E-state index contributed by atoms with van der Waals surface area (Å²) in [6.45, 7) is 3.61. The highest BCUT2D eigenvalue weighted by Gasteiger charge is 2.15. The standard InChI is InChI=1S/C21H26N4O3S/c1-22-21(23-10-4-11-27-16-9-12-26-14-16)24-13-15-7-8-18(28-15)20-25-17-5-2-3-6-19(17)29-20/h2-3,5-8,16H,4,9-14H2,1H3,(H2,22,23,24). The Labute approximate surface area is 174 Å². The molecule has 0 aliphatic carbocycles. The van der Waals surface area contributed by atoms with Crippen LogP contribution < -0.4 is 10.6 Å². The fourth-order valence-electron chi connectivity index (χ4n) is 3.13. The average molecular weight is 415 g/mol. The van der Waals surface area contributed by atoms with E-state index in [-0.39, 0.29) is 6.10 Å². The number of para-hydroxylation sites is 1. The van der Waals surface area contributed by atoms with Crippen LogP contribution in [0.15, 0.2) is 45.8 Å². The molecule has 1 unspecified atom stereocenters. The van der Waals surface area contributed by atoms with E-state index in [0.717, 1.165) is 71.9 Å². The molecule has 3 heterocycles. The fourth-order valence-corrected chi connectivity index (χ4v) is 4.06. The zero-order valence-electron chi connectivity index (χ0n) is 16.5. The smallest absolute Gasteiger partial charge is 0.191 e. The van der Waals surface area contributed by atoms with Crippen LogP contribution in [0.2, 0.25) is 0 Å². The van der Waals surface area contributed by atoms with Gasteiger partial charge in [0.15, 0.2) is 16.7 Å². The highest BCUT2D eigenvalue weighted by Crippen LogP contribution is 2.31. The van der Waals surface area contributed by atoms with Crippen molar-refractivity contribution < 1.29 is 13.9 Å². The monoisotopic (exact) mass is 414 g/mol. The molecule has 7 nitrogen and oxygen atoms in total. The van der Waals surface area contributed by atoms with Crippen molar-refractivity contribution in [3.05, 3.63) is 42.2 Å². The molecule has 8 heteroatoms. The summed E-state index contributed by atoms with van der Waals surface area (Å²) in [6, 6.07) is 12.0. The molecule has 1 fully saturated rings. The Bertz CT molecular complexity index is 913. The summed E-state index contributed by atoms with van der Waals surface area (Å²) in [5.41, 5.74) is 0.998. The topological polar surface area (TPSA) is 80.9 Å². The number of ether oxygens (including phenoxy) is 2. The predicted molar refractivity (Wildman–Crippen MR) is 115 cm³/mol. The summed E-state index contributed by atoms with van der Waals surface area (Å²) in [4.78, 5) is 8.90. The first-order chi connectivity index (χ1) is 14.3. The van der Waals surface area contributed by atoms with Crippen LogP contribution in [0.1, 0.15) is 18.6 Å². The molecular formula is C21H26N4O3S. The normalized spacial score (nSPS) is 17.1. The van der Waals surface area contributed by atoms with E-state index in [1.54, 1.807) is 18.4 Å². The van der Waals surface area contributed by atoms with Gasteiger partial charge in [-0.05, 0) is 37.1 Å². The van der Waals surface area contributed by atoms with E-state index in [9.17, 15) is 0 Å². The number of nitrogens with zero attached hydrogens (tertiary/aromatic N) is 2. The van der Waals surface area contributed by atoms with Gasteiger partial charge in [-0.3, -0.25) is 4.99 Å². The highest BCUT2D eigenvalue weighted by molar-refractivity contribution is 7.21. The Morgan fingerprint density at radius 1 is 1.28 bits per heavy atom. The maximum atomic E-state index is 5.96. The van der Waals surface area contributed by atoms with Crippen LogP contribution in [0, 0.1) is 0 Å². The molecule has 1 aliphatic heterocycles. The van der Waals surface area contributed by atoms with E-state index in [0.29, 0.717) is 6.54 Å². The molecule has 2 N–H and O–H groups in total. The van der Waals surface area contributed by atoms with Gasteiger partial charge in [0.2, 0.25) is 0 Å². The highest BCUT2D eigenvalue weighted by atomic mass is 32.1. The second-order valence-electron chi connectivity index (χ2n) is 6.82. The summed E-state index contributed by atoms with van der Waals surface area (Å²) >= 11 is 1.64. The van der Waals surface area contributed by atoms with Crippen molar-refractivity contribution in [2.75, 3.05) is 33.4 Å². The second-order valence-corrected chi connectivity index (χ2v) is 7.85. The van der Waals surface area contributed by atoms with Crippen molar-refractivity contribution in [1.29, 1.82) is 0 Å². The first-order valence-electron chi connectivity index (χ1n) is 9.90. The lowest BCUT2D eigenvalue weighted by atomic mass is 10.3. The number of benzene rings is 1. The van der Waals surface area contributed by atoms with E-state index in [2.05, 4.69) is 26.7 Å². The number of aromatic nitrogens is 1. The van der Waals surface area contributed by atoms with Crippen LogP contribution in [0.5, 0.6) is 0 Å². The van der Waals surface area contributed by atoms with Gasteiger partial charge in [0.1, 0.15) is 5.76 Å². The predicted octanol–water partition coefficient (Wildman–Crippen LogP) is 3.42. The summed E-state index contributed by atoms with van der Waals surface area (Å²) in [5, 5.41) is 7.47. The molecule has 29 heavy (non-hydrogen) atoms. The van der Waals surface area contributed by atoms with Crippen LogP contribution in [0.3, 0.4) is 0 Å². The minimum atomic E-state index is 0.260. The molecule has 1 aromatic carbocycles. The summed E-state index contributed by atoms with van der Waals surface area (Å²) in [7, 11) is 1.76. The van der Waals surface area contributed by atoms with E-state index in [1.165, 1.54) is 0 Å². The largest absolute Gasteiger partial charge is 0.457 e. The molecule has 0 radical (unpaired) electrons. The van der Waals surface area contributed by atoms with E-state index < -0.39 is 0 Å². The molecule has 0 bridgehead atoms. The molecule has 2 aromatic heterocycles. The van der Waals surface area contributed by atoms with Crippen LogP contribution in [-0.2, 0) is 16.0 Å². The van der Waals surface area contributed by atoms with Crippen molar-refractivity contribution in [3.63, 3.8) is 0 Å². The number of thiazole rings is 1.